The van der Waals surface area contributed by atoms with Crippen LogP contribution in [-0.4, -0.2) is 28.2 Å². The third kappa shape index (κ3) is 4.27. The third-order valence-electron chi connectivity index (χ3n) is 3.27. The zero-order valence-corrected chi connectivity index (χ0v) is 12.7. The monoisotopic (exact) mass is 272 g/mol. The van der Waals surface area contributed by atoms with Crippen molar-refractivity contribution in [2.24, 2.45) is 10.9 Å². The van der Waals surface area contributed by atoms with Gasteiger partial charge in [-0.2, -0.15) is 0 Å². The summed E-state index contributed by atoms with van der Waals surface area (Å²) < 4.78 is 0. The Morgan fingerprint density at radius 3 is 2.17 bits per heavy atom. The van der Waals surface area contributed by atoms with Gasteiger partial charge in [0, 0.05) is 18.0 Å². The van der Waals surface area contributed by atoms with Gasteiger partial charge in [-0.1, -0.05) is 19.3 Å². The molecule has 0 saturated heterocycles. The lowest BCUT2D eigenvalue weighted by Gasteiger charge is -2.31. The fourth-order valence-corrected chi connectivity index (χ4v) is 2.85. The summed E-state index contributed by atoms with van der Waals surface area (Å²) in [4.78, 5) is 18.5. The summed E-state index contributed by atoms with van der Waals surface area (Å²) in [5.41, 5.74) is 0. The number of hydrogen-bond acceptors (Lipinski definition) is 2. The molecule has 0 atom stereocenters. The van der Waals surface area contributed by atoms with Gasteiger partial charge in [-0.05, 0) is 52.1 Å². The number of rotatable bonds is 3. The van der Waals surface area contributed by atoms with Crippen LogP contribution in [0.5, 0.6) is 0 Å². The molecule has 0 N–H and O–H groups in total. The zero-order valence-electron chi connectivity index (χ0n) is 11.9. The van der Waals surface area contributed by atoms with E-state index >= 15 is 0 Å². The number of hydrogen-bond donors (Lipinski definition) is 0. The van der Waals surface area contributed by atoms with Crippen LogP contribution >= 0.6 is 11.6 Å². The lowest BCUT2D eigenvalue weighted by Crippen LogP contribution is -2.44. The Morgan fingerprint density at radius 2 is 1.72 bits per heavy atom. The molecule has 18 heavy (non-hydrogen) atoms. The molecular weight excluding hydrogens is 248 g/mol. The number of amidine groups is 1. The van der Waals surface area contributed by atoms with Gasteiger partial charge in [0.05, 0.1) is 0 Å². The van der Waals surface area contributed by atoms with E-state index in [1.807, 2.05) is 27.7 Å². The van der Waals surface area contributed by atoms with Crippen LogP contribution in [0.1, 0.15) is 59.8 Å². The summed E-state index contributed by atoms with van der Waals surface area (Å²) in [6.45, 7) is 7.90. The van der Waals surface area contributed by atoms with Crippen molar-refractivity contribution in [1.82, 2.24) is 4.90 Å². The van der Waals surface area contributed by atoms with Gasteiger partial charge < -0.3 is 0 Å². The lowest BCUT2D eigenvalue weighted by atomic mass is 9.88. The molecule has 0 heterocycles. The van der Waals surface area contributed by atoms with Crippen LogP contribution in [0.4, 0.5) is 0 Å². The minimum Gasteiger partial charge on any atom is -0.284 e. The SMILES string of the molecule is CC(C)N=C(Cl)N(C(=O)C1CCCCC1)C(C)C. The molecule has 1 aliphatic rings. The number of aliphatic imine (C=N–C) groups is 1. The Hall–Kier alpha value is -0.570. The molecule has 0 aromatic heterocycles. The van der Waals surface area contributed by atoms with Crippen LogP contribution in [0.2, 0.25) is 0 Å². The van der Waals surface area contributed by atoms with Crippen LogP contribution in [0.25, 0.3) is 0 Å². The quantitative estimate of drug-likeness (QED) is 0.437. The molecule has 1 aliphatic carbocycles. The van der Waals surface area contributed by atoms with E-state index in [1.54, 1.807) is 4.90 Å². The van der Waals surface area contributed by atoms with E-state index in [0.717, 1.165) is 25.7 Å². The van der Waals surface area contributed by atoms with Crippen molar-refractivity contribution in [3.05, 3.63) is 0 Å². The molecular formula is C14H25ClN2O. The zero-order chi connectivity index (χ0) is 13.7. The summed E-state index contributed by atoms with van der Waals surface area (Å²) in [6.07, 6.45) is 5.55. The molecule has 104 valence electrons. The molecule has 3 nitrogen and oxygen atoms in total. The molecule has 0 unspecified atom stereocenters. The first kappa shape index (κ1) is 15.5. The summed E-state index contributed by atoms with van der Waals surface area (Å²) in [7, 11) is 0. The van der Waals surface area contributed by atoms with Crippen LogP contribution in [0.15, 0.2) is 4.99 Å². The van der Waals surface area contributed by atoms with Crippen LogP contribution in [-0.2, 0) is 4.79 Å². The average Bonchev–Trinajstić information content (AvgIpc) is 2.28. The van der Waals surface area contributed by atoms with Crippen LogP contribution in [0.3, 0.4) is 0 Å². The van der Waals surface area contributed by atoms with Gasteiger partial charge in [-0.15, -0.1) is 0 Å². The van der Waals surface area contributed by atoms with E-state index in [9.17, 15) is 4.79 Å². The first-order chi connectivity index (χ1) is 8.43. The predicted octanol–water partition coefficient (Wildman–Crippen LogP) is 3.81. The maximum Gasteiger partial charge on any atom is 0.232 e. The highest BCUT2D eigenvalue weighted by Gasteiger charge is 2.29. The second kappa shape index (κ2) is 7.13. The van der Waals surface area contributed by atoms with E-state index in [4.69, 9.17) is 11.6 Å². The smallest absolute Gasteiger partial charge is 0.232 e. The van der Waals surface area contributed by atoms with E-state index in [2.05, 4.69) is 4.99 Å². The number of carbonyl (C=O) groups is 1. The summed E-state index contributed by atoms with van der Waals surface area (Å²) >= 11 is 6.21. The molecule has 0 bridgehead atoms. The molecule has 0 radical (unpaired) electrons. The van der Waals surface area contributed by atoms with E-state index in [-0.39, 0.29) is 23.9 Å². The Morgan fingerprint density at radius 1 is 1.17 bits per heavy atom. The standard InChI is InChI=1S/C14H25ClN2O/c1-10(2)16-14(15)17(11(3)4)13(18)12-8-6-5-7-9-12/h10-12H,5-9H2,1-4H3. The number of carbonyl (C=O) groups excluding carboxylic acids is 1. The molecule has 0 aromatic carbocycles. The van der Waals surface area contributed by atoms with Gasteiger partial charge in [-0.25, -0.2) is 0 Å². The third-order valence-corrected chi connectivity index (χ3v) is 3.55. The van der Waals surface area contributed by atoms with Crippen molar-refractivity contribution in [2.75, 3.05) is 0 Å². The summed E-state index contributed by atoms with van der Waals surface area (Å²) in [6, 6.07) is 0.173. The van der Waals surface area contributed by atoms with Crippen molar-refractivity contribution < 1.29 is 4.79 Å². The van der Waals surface area contributed by atoms with E-state index in [1.165, 1.54) is 6.42 Å². The second-order valence-corrected chi connectivity index (χ2v) is 5.97. The van der Waals surface area contributed by atoms with Gasteiger partial charge in [0.25, 0.3) is 0 Å². The topological polar surface area (TPSA) is 32.7 Å². The number of amides is 1. The minimum absolute atomic E-state index is 0.0643. The Bertz CT molecular complexity index is 307. The number of nitrogens with zero attached hydrogens (tertiary/aromatic N) is 2. The first-order valence-electron chi connectivity index (χ1n) is 6.99. The van der Waals surface area contributed by atoms with Crippen LogP contribution in [0, 0.1) is 5.92 Å². The molecule has 1 rings (SSSR count). The lowest BCUT2D eigenvalue weighted by molar-refractivity contribution is -0.133. The second-order valence-electron chi connectivity index (χ2n) is 5.63. The van der Waals surface area contributed by atoms with Gasteiger partial charge in [0.2, 0.25) is 11.2 Å². The van der Waals surface area contributed by atoms with E-state index in [0.29, 0.717) is 5.29 Å². The van der Waals surface area contributed by atoms with Gasteiger partial charge in [-0.3, -0.25) is 14.7 Å². The first-order valence-corrected chi connectivity index (χ1v) is 7.37. The predicted molar refractivity (Wildman–Crippen MR) is 77.0 cm³/mol. The molecule has 0 aliphatic heterocycles. The highest BCUT2D eigenvalue weighted by atomic mass is 35.5. The van der Waals surface area contributed by atoms with Crippen molar-refractivity contribution in [2.45, 2.75) is 71.9 Å². The fraction of sp³-hybridized carbons (Fsp3) is 0.857. The van der Waals surface area contributed by atoms with Crippen molar-refractivity contribution >= 4 is 22.8 Å². The summed E-state index contributed by atoms with van der Waals surface area (Å²) in [5, 5.41) is 0.343. The van der Waals surface area contributed by atoms with Gasteiger partial charge in [0.15, 0.2) is 0 Å². The molecule has 0 spiro atoms. The maximum atomic E-state index is 12.5. The van der Waals surface area contributed by atoms with E-state index < -0.39 is 0 Å². The molecule has 0 aromatic rings. The maximum absolute atomic E-state index is 12.5. The average molecular weight is 273 g/mol. The molecule has 1 amide bonds. The Kier molecular flexibility index (Phi) is 6.13. The Labute approximate surface area is 116 Å². The normalized spacial score (nSPS) is 18.5. The van der Waals surface area contributed by atoms with Crippen molar-refractivity contribution in [1.29, 1.82) is 0 Å². The van der Waals surface area contributed by atoms with Gasteiger partial charge >= 0.3 is 0 Å². The summed E-state index contributed by atoms with van der Waals surface area (Å²) in [5.74, 6) is 0.288. The minimum atomic E-state index is 0.0643. The Balaban J connectivity index is 2.80. The molecule has 1 saturated carbocycles. The van der Waals surface area contributed by atoms with Crippen LogP contribution < -0.4 is 0 Å². The highest BCUT2D eigenvalue weighted by Crippen LogP contribution is 2.26. The number of halogens is 1. The largest absolute Gasteiger partial charge is 0.284 e. The highest BCUT2D eigenvalue weighted by molar-refractivity contribution is 6.65. The van der Waals surface area contributed by atoms with Crippen molar-refractivity contribution in [3.8, 4) is 0 Å². The van der Waals surface area contributed by atoms with Gasteiger partial charge in [0.1, 0.15) is 0 Å². The molecule has 1 fully saturated rings. The molecule has 4 heteroatoms. The fourth-order valence-electron chi connectivity index (χ4n) is 2.38. The van der Waals surface area contributed by atoms with Crippen molar-refractivity contribution in [3.63, 3.8) is 0 Å².